The summed E-state index contributed by atoms with van der Waals surface area (Å²) in [5, 5.41) is 6.07. The number of esters is 1. The molecule has 6 heteroatoms. The van der Waals surface area contributed by atoms with E-state index in [2.05, 4.69) is 17.6 Å². The number of benzene rings is 1. The molecule has 164 valence electrons. The molecular weight excluding hydrogens is 384 g/mol. The van der Waals surface area contributed by atoms with Gasteiger partial charge in [0.25, 0.3) is 0 Å². The summed E-state index contributed by atoms with van der Waals surface area (Å²) < 4.78 is 5.66. The van der Waals surface area contributed by atoms with E-state index in [0.717, 1.165) is 24.2 Å². The molecule has 0 radical (unpaired) electrons. The summed E-state index contributed by atoms with van der Waals surface area (Å²) in [5.74, 6) is 0.679. The Balaban J connectivity index is 2.96. The summed E-state index contributed by atoms with van der Waals surface area (Å²) in [6.45, 7) is 8.30. The number of carbonyl (C=O) groups excluding carboxylic acids is 2. The van der Waals surface area contributed by atoms with Crippen molar-refractivity contribution in [3.05, 3.63) is 35.9 Å². The van der Waals surface area contributed by atoms with E-state index in [9.17, 15) is 9.59 Å². The lowest BCUT2D eigenvalue weighted by atomic mass is 9.92. The molecule has 0 bridgehead atoms. The lowest BCUT2D eigenvalue weighted by Crippen LogP contribution is -2.59. The Morgan fingerprint density at radius 1 is 1.10 bits per heavy atom. The molecule has 0 aliphatic carbocycles. The molecule has 0 saturated carbocycles. The van der Waals surface area contributed by atoms with E-state index in [1.54, 1.807) is 18.8 Å². The number of nitrogens with one attached hydrogen (secondary N) is 2. The second kappa shape index (κ2) is 13.8. The summed E-state index contributed by atoms with van der Waals surface area (Å²) in [4.78, 5) is 26.2. The van der Waals surface area contributed by atoms with Gasteiger partial charge in [0, 0.05) is 0 Å². The first-order chi connectivity index (χ1) is 14.0. The molecule has 1 aromatic rings. The van der Waals surface area contributed by atoms with Crippen LogP contribution in [0.5, 0.6) is 0 Å². The van der Waals surface area contributed by atoms with Crippen LogP contribution in [0.15, 0.2) is 30.3 Å². The zero-order valence-corrected chi connectivity index (χ0v) is 19.4. The van der Waals surface area contributed by atoms with E-state index in [0.29, 0.717) is 19.3 Å². The molecule has 0 fully saturated rings. The second-order valence-corrected chi connectivity index (χ2v) is 8.46. The number of thioether (sulfide) groups is 1. The number of rotatable bonds is 15. The fraction of sp³-hybridized carbons (Fsp3) is 0.652. The van der Waals surface area contributed by atoms with Gasteiger partial charge in [-0.3, -0.25) is 14.9 Å². The number of carbonyl (C=O) groups is 2. The van der Waals surface area contributed by atoms with Crippen LogP contribution >= 0.6 is 11.8 Å². The first-order valence-corrected chi connectivity index (χ1v) is 11.8. The van der Waals surface area contributed by atoms with Crippen molar-refractivity contribution in [1.82, 2.24) is 10.6 Å². The maximum atomic E-state index is 13.1. The van der Waals surface area contributed by atoms with Gasteiger partial charge in [0.1, 0.15) is 17.5 Å². The number of hydrogen-bond donors (Lipinski definition) is 2. The Kier molecular flexibility index (Phi) is 12.2. The van der Waals surface area contributed by atoms with E-state index in [1.165, 1.54) is 0 Å². The van der Waals surface area contributed by atoms with Crippen molar-refractivity contribution in [2.24, 2.45) is 0 Å². The minimum atomic E-state index is -0.875. The van der Waals surface area contributed by atoms with E-state index < -0.39 is 10.9 Å². The smallest absolute Gasteiger partial charge is 0.326 e. The highest BCUT2D eigenvalue weighted by atomic mass is 32.2. The van der Waals surface area contributed by atoms with Crippen molar-refractivity contribution >= 4 is 23.5 Å². The lowest BCUT2D eigenvalue weighted by Gasteiger charge is -2.35. The van der Waals surface area contributed by atoms with Gasteiger partial charge in [0.05, 0.1) is 6.04 Å². The van der Waals surface area contributed by atoms with Gasteiger partial charge >= 0.3 is 5.97 Å². The molecule has 0 spiro atoms. The SMILES string of the molecule is CCCCSC(NC(CC)(CC)C(=O)OCc1ccccc1)C(=O)C(CC)NC. The lowest BCUT2D eigenvalue weighted by molar-refractivity contribution is -0.153. The highest BCUT2D eigenvalue weighted by Crippen LogP contribution is 2.24. The van der Waals surface area contributed by atoms with Crippen LogP contribution in [0.2, 0.25) is 0 Å². The Morgan fingerprint density at radius 3 is 2.28 bits per heavy atom. The van der Waals surface area contributed by atoms with Crippen molar-refractivity contribution in [2.45, 2.75) is 83.4 Å². The van der Waals surface area contributed by atoms with E-state index in [1.807, 2.05) is 51.1 Å². The fourth-order valence-corrected chi connectivity index (χ4v) is 4.51. The monoisotopic (exact) mass is 422 g/mol. The van der Waals surface area contributed by atoms with Gasteiger partial charge in [0.2, 0.25) is 0 Å². The zero-order chi connectivity index (χ0) is 21.7. The Bertz CT molecular complexity index is 601. The first kappa shape index (κ1) is 25.7. The Morgan fingerprint density at radius 2 is 1.76 bits per heavy atom. The number of ketones is 1. The molecular formula is C23H38N2O3S. The molecule has 0 aromatic heterocycles. The quantitative estimate of drug-likeness (QED) is 0.249. The standard InChI is InChI=1S/C23H38N2O3S/c1-6-10-16-29-21(20(26)19(7-2)24-5)25-23(8-3,9-4)22(27)28-17-18-14-12-11-13-15-18/h11-15,19,21,24-25H,6-10,16-17H2,1-5H3. The topological polar surface area (TPSA) is 67.4 Å². The van der Waals surface area contributed by atoms with Crippen LogP contribution in [0.1, 0.15) is 65.4 Å². The summed E-state index contributed by atoms with van der Waals surface area (Å²) in [7, 11) is 1.81. The molecule has 0 heterocycles. The zero-order valence-electron chi connectivity index (χ0n) is 18.6. The summed E-state index contributed by atoms with van der Waals surface area (Å²) in [6, 6.07) is 9.43. The minimum absolute atomic E-state index is 0.0956. The molecule has 1 rings (SSSR count). The average molecular weight is 423 g/mol. The number of hydrogen-bond acceptors (Lipinski definition) is 6. The van der Waals surface area contributed by atoms with Crippen LogP contribution in [-0.4, -0.2) is 41.5 Å². The van der Waals surface area contributed by atoms with Crippen molar-refractivity contribution < 1.29 is 14.3 Å². The van der Waals surface area contributed by atoms with Crippen LogP contribution in [0.3, 0.4) is 0 Å². The van der Waals surface area contributed by atoms with Crippen molar-refractivity contribution in [3.63, 3.8) is 0 Å². The van der Waals surface area contributed by atoms with Gasteiger partial charge in [0.15, 0.2) is 5.78 Å². The Hall–Kier alpha value is -1.37. The molecule has 29 heavy (non-hydrogen) atoms. The number of unbranched alkanes of at least 4 members (excludes halogenated alkanes) is 1. The number of ether oxygens (including phenoxy) is 1. The van der Waals surface area contributed by atoms with Crippen LogP contribution in [0, 0.1) is 0 Å². The van der Waals surface area contributed by atoms with Crippen LogP contribution in [0.25, 0.3) is 0 Å². The third-order valence-corrected chi connectivity index (χ3v) is 6.57. The highest BCUT2D eigenvalue weighted by Gasteiger charge is 2.41. The van der Waals surface area contributed by atoms with Crippen LogP contribution in [0.4, 0.5) is 0 Å². The van der Waals surface area contributed by atoms with E-state index >= 15 is 0 Å². The molecule has 0 amide bonds. The fourth-order valence-electron chi connectivity index (χ4n) is 3.18. The summed E-state index contributed by atoms with van der Waals surface area (Å²) >= 11 is 1.59. The van der Waals surface area contributed by atoms with E-state index in [-0.39, 0.29) is 24.4 Å². The molecule has 1 aromatic carbocycles. The Labute approximate surface area is 180 Å². The summed E-state index contributed by atoms with van der Waals surface area (Å²) in [5.41, 5.74) is 0.0773. The molecule has 2 atom stereocenters. The third-order valence-electron chi connectivity index (χ3n) is 5.36. The maximum Gasteiger partial charge on any atom is 0.326 e. The predicted molar refractivity (Wildman–Crippen MR) is 122 cm³/mol. The van der Waals surface area contributed by atoms with Gasteiger partial charge in [-0.1, -0.05) is 64.4 Å². The maximum absolute atomic E-state index is 13.1. The van der Waals surface area contributed by atoms with Gasteiger partial charge in [-0.05, 0) is 44.0 Å². The van der Waals surface area contributed by atoms with Crippen molar-refractivity contribution in [2.75, 3.05) is 12.8 Å². The third kappa shape index (κ3) is 7.76. The van der Waals surface area contributed by atoms with E-state index in [4.69, 9.17) is 4.74 Å². The largest absolute Gasteiger partial charge is 0.459 e. The van der Waals surface area contributed by atoms with Crippen molar-refractivity contribution in [3.8, 4) is 0 Å². The molecule has 0 aliphatic heterocycles. The number of Topliss-reactive ketones (excluding diaryl/α,β-unsaturated/α-hetero) is 1. The average Bonchev–Trinajstić information content (AvgIpc) is 2.76. The van der Waals surface area contributed by atoms with Gasteiger partial charge in [-0.2, -0.15) is 0 Å². The van der Waals surface area contributed by atoms with Crippen molar-refractivity contribution in [1.29, 1.82) is 0 Å². The molecule has 0 saturated heterocycles. The predicted octanol–water partition coefficient (Wildman–Crippen LogP) is 4.30. The minimum Gasteiger partial charge on any atom is -0.459 e. The highest BCUT2D eigenvalue weighted by molar-refractivity contribution is 8.00. The normalized spacial score (nSPS) is 13.7. The van der Waals surface area contributed by atoms with Gasteiger partial charge in [-0.15, -0.1) is 11.8 Å². The molecule has 2 unspecified atom stereocenters. The molecule has 2 N–H and O–H groups in total. The molecule has 0 aliphatic rings. The second-order valence-electron chi connectivity index (χ2n) is 7.25. The van der Waals surface area contributed by atoms with Crippen LogP contribution < -0.4 is 10.6 Å². The number of likely N-dealkylation sites (N-methyl/N-ethyl adjacent to an activating group) is 1. The van der Waals surface area contributed by atoms with Gasteiger partial charge in [-0.25, -0.2) is 0 Å². The summed E-state index contributed by atoms with van der Waals surface area (Å²) in [6.07, 6.45) is 3.95. The van der Waals surface area contributed by atoms with Crippen LogP contribution in [-0.2, 0) is 20.9 Å². The first-order valence-electron chi connectivity index (χ1n) is 10.8. The van der Waals surface area contributed by atoms with Gasteiger partial charge < -0.3 is 10.1 Å². The molecule has 5 nitrogen and oxygen atoms in total.